The number of anilines is 1. The van der Waals surface area contributed by atoms with E-state index in [0.717, 1.165) is 18.4 Å². The van der Waals surface area contributed by atoms with Crippen molar-refractivity contribution >= 4 is 23.5 Å². The van der Waals surface area contributed by atoms with Gasteiger partial charge in [-0.25, -0.2) is 0 Å². The standard InChI is InChI=1S/C23H28N4O7/c1-15-9-20(26-34-15)25-21(28)6-7-23(30)27(13-22(29)24-11-17-3-2-8-31-17)12-16-4-5-18-19(10-16)33-14-32-18/h4-5,9-10,17H,2-3,6-8,11-14H2,1H3,(H,24,29)(H,25,26,28). The van der Waals surface area contributed by atoms with Crippen molar-refractivity contribution in [2.75, 3.05) is 31.8 Å². The molecule has 0 spiro atoms. The van der Waals surface area contributed by atoms with Gasteiger partial charge in [0, 0.05) is 38.6 Å². The zero-order chi connectivity index (χ0) is 23.9. The second-order valence-corrected chi connectivity index (χ2v) is 8.25. The fourth-order valence-corrected chi connectivity index (χ4v) is 3.76. The first kappa shape index (κ1) is 23.6. The molecule has 182 valence electrons. The number of nitrogens with zero attached hydrogens (tertiary/aromatic N) is 2. The van der Waals surface area contributed by atoms with Gasteiger partial charge in [0.15, 0.2) is 17.3 Å². The number of nitrogens with one attached hydrogen (secondary N) is 2. The molecule has 0 radical (unpaired) electrons. The minimum atomic E-state index is -0.368. The molecule has 1 unspecified atom stereocenters. The molecular formula is C23H28N4O7. The molecule has 1 aromatic carbocycles. The largest absolute Gasteiger partial charge is 0.454 e. The summed E-state index contributed by atoms with van der Waals surface area (Å²) in [6.45, 7) is 3.02. The van der Waals surface area contributed by atoms with Crippen molar-refractivity contribution in [2.24, 2.45) is 0 Å². The van der Waals surface area contributed by atoms with Crippen LogP contribution >= 0.6 is 0 Å². The molecule has 3 heterocycles. The molecule has 0 aliphatic carbocycles. The summed E-state index contributed by atoms with van der Waals surface area (Å²) in [6, 6.07) is 6.96. The number of fused-ring (bicyclic) bond motifs is 1. The lowest BCUT2D eigenvalue weighted by molar-refractivity contribution is -0.137. The predicted molar refractivity (Wildman–Crippen MR) is 119 cm³/mol. The van der Waals surface area contributed by atoms with E-state index in [-0.39, 0.29) is 56.5 Å². The van der Waals surface area contributed by atoms with E-state index in [9.17, 15) is 14.4 Å². The Morgan fingerprint density at radius 3 is 2.74 bits per heavy atom. The van der Waals surface area contributed by atoms with Crippen molar-refractivity contribution in [1.82, 2.24) is 15.4 Å². The van der Waals surface area contributed by atoms with Gasteiger partial charge in [0.2, 0.25) is 24.5 Å². The molecule has 2 aliphatic heterocycles. The number of carbonyl (C=O) groups excluding carboxylic acids is 3. The van der Waals surface area contributed by atoms with Crippen molar-refractivity contribution in [3.63, 3.8) is 0 Å². The molecule has 4 rings (SSSR count). The summed E-state index contributed by atoms with van der Waals surface area (Å²) in [5.74, 6) is 1.11. The lowest BCUT2D eigenvalue weighted by Gasteiger charge is -2.23. The van der Waals surface area contributed by atoms with Crippen LogP contribution in [-0.4, -0.2) is 60.4 Å². The summed E-state index contributed by atoms with van der Waals surface area (Å²) in [5.41, 5.74) is 0.784. The second-order valence-electron chi connectivity index (χ2n) is 8.25. The van der Waals surface area contributed by atoms with Crippen molar-refractivity contribution < 1.29 is 33.1 Å². The van der Waals surface area contributed by atoms with Gasteiger partial charge in [0.05, 0.1) is 12.6 Å². The Morgan fingerprint density at radius 1 is 1.12 bits per heavy atom. The number of amides is 3. The van der Waals surface area contributed by atoms with Crippen LogP contribution in [0.3, 0.4) is 0 Å². The highest BCUT2D eigenvalue weighted by atomic mass is 16.7. The molecular weight excluding hydrogens is 444 g/mol. The zero-order valence-corrected chi connectivity index (χ0v) is 19.0. The van der Waals surface area contributed by atoms with Gasteiger partial charge in [-0.15, -0.1) is 0 Å². The fraction of sp³-hybridized carbons (Fsp3) is 0.478. The number of aryl methyl sites for hydroxylation is 1. The molecule has 0 bridgehead atoms. The van der Waals surface area contributed by atoms with E-state index in [1.54, 1.807) is 25.1 Å². The van der Waals surface area contributed by atoms with E-state index in [1.165, 1.54) is 4.90 Å². The summed E-state index contributed by atoms with van der Waals surface area (Å²) < 4.78 is 21.2. The maximum absolute atomic E-state index is 13.0. The van der Waals surface area contributed by atoms with Crippen LogP contribution in [-0.2, 0) is 25.7 Å². The molecule has 34 heavy (non-hydrogen) atoms. The van der Waals surface area contributed by atoms with E-state index < -0.39 is 0 Å². The summed E-state index contributed by atoms with van der Waals surface area (Å²) in [4.78, 5) is 39.2. The van der Waals surface area contributed by atoms with Crippen LogP contribution in [0.25, 0.3) is 0 Å². The number of hydrogen-bond donors (Lipinski definition) is 2. The maximum Gasteiger partial charge on any atom is 0.239 e. The lowest BCUT2D eigenvalue weighted by Crippen LogP contribution is -2.42. The minimum Gasteiger partial charge on any atom is -0.454 e. The Labute approximate surface area is 196 Å². The maximum atomic E-state index is 13.0. The van der Waals surface area contributed by atoms with Crippen LogP contribution in [0.4, 0.5) is 5.82 Å². The Bertz CT molecular complexity index is 1030. The van der Waals surface area contributed by atoms with Crippen molar-refractivity contribution in [3.8, 4) is 11.5 Å². The summed E-state index contributed by atoms with van der Waals surface area (Å²) in [6.07, 6.45) is 1.77. The monoisotopic (exact) mass is 472 g/mol. The molecule has 1 saturated heterocycles. The highest BCUT2D eigenvalue weighted by Crippen LogP contribution is 2.32. The van der Waals surface area contributed by atoms with E-state index in [4.69, 9.17) is 18.7 Å². The minimum absolute atomic E-state index is 0.00539. The highest BCUT2D eigenvalue weighted by Gasteiger charge is 2.22. The van der Waals surface area contributed by atoms with Crippen LogP contribution in [0.1, 0.15) is 37.0 Å². The molecule has 1 atom stereocenters. The number of hydrogen-bond acceptors (Lipinski definition) is 8. The van der Waals surface area contributed by atoms with Gasteiger partial charge in [-0.2, -0.15) is 0 Å². The molecule has 2 aromatic rings. The zero-order valence-electron chi connectivity index (χ0n) is 19.0. The van der Waals surface area contributed by atoms with Crippen LogP contribution < -0.4 is 20.1 Å². The third-order valence-electron chi connectivity index (χ3n) is 5.51. The van der Waals surface area contributed by atoms with Crippen LogP contribution in [0.2, 0.25) is 0 Å². The SMILES string of the molecule is Cc1cc(NC(=O)CCC(=O)N(CC(=O)NCC2CCCO2)Cc2ccc3c(c2)OCO3)no1. The normalized spacial score (nSPS) is 16.3. The molecule has 2 N–H and O–H groups in total. The Hall–Kier alpha value is -3.60. The van der Waals surface area contributed by atoms with Gasteiger partial charge in [-0.3, -0.25) is 14.4 Å². The molecule has 1 fully saturated rings. The summed E-state index contributed by atoms with van der Waals surface area (Å²) in [5, 5.41) is 9.13. The van der Waals surface area contributed by atoms with Gasteiger partial charge >= 0.3 is 0 Å². The second kappa shape index (κ2) is 11.0. The van der Waals surface area contributed by atoms with E-state index in [0.29, 0.717) is 36.2 Å². The number of benzene rings is 1. The first-order valence-electron chi connectivity index (χ1n) is 11.2. The Kier molecular flexibility index (Phi) is 7.63. The fourth-order valence-electron chi connectivity index (χ4n) is 3.76. The number of aromatic nitrogens is 1. The topological polar surface area (TPSA) is 132 Å². The number of ether oxygens (including phenoxy) is 3. The van der Waals surface area contributed by atoms with E-state index in [2.05, 4.69) is 15.8 Å². The Balaban J connectivity index is 1.35. The third kappa shape index (κ3) is 6.47. The summed E-state index contributed by atoms with van der Waals surface area (Å²) in [7, 11) is 0. The predicted octanol–water partition coefficient (Wildman–Crippen LogP) is 1.75. The van der Waals surface area contributed by atoms with Crippen molar-refractivity contribution in [3.05, 3.63) is 35.6 Å². The average molecular weight is 472 g/mol. The first-order valence-corrected chi connectivity index (χ1v) is 11.2. The van der Waals surface area contributed by atoms with Crippen LogP contribution in [0.5, 0.6) is 11.5 Å². The van der Waals surface area contributed by atoms with E-state index >= 15 is 0 Å². The van der Waals surface area contributed by atoms with E-state index in [1.807, 2.05) is 6.07 Å². The molecule has 3 amide bonds. The van der Waals surface area contributed by atoms with Crippen LogP contribution in [0, 0.1) is 6.92 Å². The Morgan fingerprint density at radius 2 is 1.97 bits per heavy atom. The highest BCUT2D eigenvalue weighted by molar-refractivity contribution is 5.93. The third-order valence-corrected chi connectivity index (χ3v) is 5.51. The van der Waals surface area contributed by atoms with Crippen molar-refractivity contribution in [2.45, 2.75) is 45.3 Å². The van der Waals surface area contributed by atoms with Gasteiger partial charge < -0.3 is 34.3 Å². The van der Waals surface area contributed by atoms with Gasteiger partial charge in [-0.05, 0) is 37.5 Å². The number of rotatable bonds is 10. The van der Waals surface area contributed by atoms with Gasteiger partial charge in [0.1, 0.15) is 5.76 Å². The molecule has 11 heteroatoms. The molecule has 1 aromatic heterocycles. The average Bonchev–Trinajstić information content (AvgIpc) is 3.58. The molecule has 0 saturated carbocycles. The first-order chi connectivity index (χ1) is 16.5. The molecule has 2 aliphatic rings. The van der Waals surface area contributed by atoms with Crippen molar-refractivity contribution in [1.29, 1.82) is 0 Å². The quantitative estimate of drug-likeness (QED) is 0.535. The lowest BCUT2D eigenvalue weighted by atomic mass is 10.1. The van der Waals surface area contributed by atoms with Gasteiger partial charge in [0.25, 0.3) is 0 Å². The number of carbonyl (C=O) groups is 3. The smallest absolute Gasteiger partial charge is 0.239 e. The molecule has 11 nitrogen and oxygen atoms in total. The van der Waals surface area contributed by atoms with Gasteiger partial charge in [-0.1, -0.05) is 11.2 Å². The summed E-state index contributed by atoms with van der Waals surface area (Å²) >= 11 is 0. The van der Waals surface area contributed by atoms with Crippen LogP contribution in [0.15, 0.2) is 28.8 Å².